The zero-order chi connectivity index (χ0) is 23.7. The van der Waals surface area contributed by atoms with Gasteiger partial charge in [-0.25, -0.2) is 0 Å². The molecule has 5 N–H and O–H groups in total. The van der Waals surface area contributed by atoms with Crippen molar-refractivity contribution in [2.75, 3.05) is 13.2 Å². The Morgan fingerprint density at radius 2 is 2.19 bits per heavy atom. The van der Waals surface area contributed by atoms with E-state index in [-0.39, 0.29) is 24.5 Å². The molecule has 1 saturated heterocycles. The SMILES string of the molecule is C=C/C=C(Cl)\C=C/C[C@@]1(N)C(CC(C)C)N[C@@H](C(=O)NCCCO)[C@@H]1c1cccc(Cl)c1. The van der Waals surface area contributed by atoms with Crippen LogP contribution < -0.4 is 16.4 Å². The number of rotatable bonds is 11. The van der Waals surface area contributed by atoms with Crippen molar-refractivity contribution >= 4 is 29.1 Å². The van der Waals surface area contributed by atoms with Gasteiger partial charge in [0, 0.05) is 40.7 Å². The third kappa shape index (κ3) is 6.93. The second-order valence-corrected chi connectivity index (χ2v) is 9.61. The molecule has 7 heteroatoms. The molecule has 0 radical (unpaired) electrons. The highest BCUT2D eigenvalue weighted by Gasteiger charge is 2.54. The van der Waals surface area contributed by atoms with E-state index in [1.54, 1.807) is 12.2 Å². The molecule has 1 unspecified atom stereocenters. The zero-order valence-electron chi connectivity index (χ0n) is 18.9. The number of hydrogen-bond acceptors (Lipinski definition) is 4. The monoisotopic (exact) mass is 479 g/mol. The number of benzene rings is 1. The van der Waals surface area contributed by atoms with Crippen LogP contribution in [-0.4, -0.2) is 41.8 Å². The van der Waals surface area contributed by atoms with E-state index in [1.165, 1.54) is 0 Å². The summed E-state index contributed by atoms with van der Waals surface area (Å²) in [5, 5.41) is 16.7. The van der Waals surface area contributed by atoms with Gasteiger partial charge in [-0.1, -0.05) is 67.9 Å². The Labute approximate surface area is 201 Å². The summed E-state index contributed by atoms with van der Waals surface area (Å²) in [6.45, 7) is 8.38. The van der Waals surface area contributed by atoms with Crippen LogP contribution in [0, 0.1) is 5.92 Å². The quantitative estimate of drug-likeness (QED) is 0.282. The minimum atomic E-state index is -0.740. The van der Waals surface area contributed by atoms with Gasteiger partial charge in [0.25, 0.3) is 0 Å². The molecular weight excluding hydrogens is 445 g/mol. The molecule has 1 fully saturated rings. The summed E-state index contributed by atoms with van der Waals surface area (Å²) in [7, 11) is 0. The molecule has 176 valence electrons. The summed E-state index contributed by atoms with van der Waals surface area (Å²) >= 11 is 12.5. The summed E-state index contributed by atoms with van der Waals surface area (Å²) in [5.74, 6) is -0.0381. The smallest absolute Gasteiger partial charge is 0.237 e. The number of nitrogens with two attached hydrogens (primary N) is 1. The summed E-state index contributed by atoms with van der Waals surface area (Å²) in [4.78, 5) is 13.2. The van der Waals surface area contributed by atoms with Crippen LogP contribution in [-0.2, 0) is 4.79 Å². The Hall–Kier alpha value is -1.63. The van der Waals surface area contributed by atoms with Crippen LogP contribution in [0.2, 0.25) is 5.02 Å². The normalized spacial score (nSPS) is 26.1. The third-order valence-corrected chi connectivity index (χ3v) is 6.29. The van der Waals surface area contributed by atoms with Gasteiger partial charge in [0.1, 0.15) is 0 Å². The molecule has 1 aromatic rings. The van der Waals surface area contributed by atoms with Crippen LogP contribution in [0.15, 0.2) is 60.2 Å². The molecule has 0 bridgehead atoms. The number of hydrogen-bond donors (Lipinski definition) is 4. The van der Waals surface area contributed by atoms with Gasteiger partial charge in [-0.2, -0.15) is 0 Å². The number of allylic oxidation sites excluding steroid dienone is 4. The predicted octanol–water partition coefficient (Wildman–Crippen LogP) is 4.26. The molecule has 32 heavy (non-hydrogen) atoms. The average molecular weight is 480 g/mol. The Balaban J connectivity index is 2.47. The number of aliphatic hydroxyl groups excluding tert-OH is 1. The number of carbonyl (C=O) groups is 1. The van der Waals surface area contributed by atoms with E-state index in [2.05, 4.69) is 31.1 Å². The van der Waals surface area contributed by atoms with Gasteiger partial charge in [-0.3, -0.25) is 4.79 Å². The van der Waals surface area contributed by atoms with Crippen LogP contribution in [0.25, 0.3) is 0 Å². The molecule has 4 atom stereocenters. The molecule has 2 rings (SSSR count). The van der Waals surface area contributed by atoms with Crippen LogP contribution in [0.1, 0.15) is 44.6 Å². The summed E-state index contributed by atoms with van der Waals surface area (Å²) in [6, 6.07) is 6.94. The second kappa shape index (κ2) is 12.6. The first-order valence-electron chi connectivity index (χ1n) is 11.1. The highest BCUT2D eigenvalue weighted by atomic mass is 35.5. The fourth-order valence-corrected chi connectivity index (χ4v) is 4.77. The number of nitrogens with one attached hydrogen (secondary N) is 2. The minimum absolute atomic E-state index is 0.0245. The molecule has 1 aromatic carbocycles. The van der Waals surface area contributed by atoms with Crippen molar-refractivity contribution in [3.63, 3.8) is 0 Å². The highest BCUT2D eigenvalue weighted by molar-refractivity contribution is 6.31. The lowest BCUT2D eigenvalue weighted by molar-refractivity contribution is -0.123. The number of halogens is 2. The fourth-order valence-electron chi connectivity index (χ4n) is 4.40. The van der Waals surface area contributed by atoms with Crippen molar-refractivity contribution in [2.24, 2.45) is 11.7 Å². The van der Waals surface area contributed by atoms with Gasteiger partial charge in [0.05, 0.1) is 6.04 Å². The molecule has 5 nitrogen and oxygen atoms in total. The number of amides is 1. The van der Waals surface area contributed by atoms with Crippen molar-refractivity contribution < 1.29 is 9.90 Å². The standard InChI is InChI=1S/C25H35Cl2N3O2/c1-4-8-19(26)11-6-12-25(28)21(15-17(2)3)30-23(24(32)29-13-7-14-31)22(25)18-9-5-10-20(27)16-18/h4-6,8-11,16-17,21-23,30-31H,1,7,12-15,28H2,2-3H3,(H,29,32)/b11-6-,19-8+/t21?,22-,23+,25+/m0/s1. The van der Waals surface area contributed by atoms with E-state index >= 15 is 0 Å². The van der Waals surface area contributed by atoms with Gasteiger partial charge in [-0.15, -0.1) is 0 Å². The molecule has 0 spiro atoms. The Kier molecular flexibility index (Phi) is 10.5. The van der Waals surface area contributed by atoms with E-state index < -0.39 is 11.6 Å². The first-order chi connectivity index (χ1) is 15.2. The van der Waals surface area contributed by atoms with Crippen LogP contribution in [0.3, 0.4) is 0 Å². The Bertz CT molecular complexity index is 840. The molecule has 1 aliphatic rings. The lowest BCUT2D eigenvalue weighted by Gasteiger charge is -2.37. The Morgan fingerprint density at radius 1 is 1.44 bits per heavy atom. The van der Waals surface area contributed by atoms with Gasteiger partial charge in [0.15, 0.2) is 0 Å². The maximum absolute atomic E-state index is 13.2. The summed E-state index contributed by atoms with van der Waals surface area (Å²) in [6.07, 6.45) is 8.96. The van der Waals surface area contributed by atoms with Gasteiger partial charge < -0.3 is 21.5 Å². The van der Waals surface area contributed by atoms with Crippen LogP contribution in [0.4, 0.5) is 0 Å². The topological polar surface area (TPSA) is 87.4 Å². The summed E-state index contributed by atoms with van der Waals surface area (Å²) < 4.78 is 0. The maximum atomic E-state index is 13.2. The van der Waals surface area contributed by atoms with Crippen molar-refractivity contribution in [1.29, 1.82) is 0 Å². The van der Waals surface area contributed by atoms with E-state index in [9.17, 15) is 4.79 Å². The van der Waals surface area contributed by atoms with E-state index in [1.807, 2.05) is 36.4 Å². The second-order valence-electron chi connectivity index (χ2n) is 8.73. The largest absolute Gasteiger partial charge is 0.396 e. The van der Waals surface area contributed by atoms with E-state index in [0.29, 0.717) is 35.4 Å². The van der Waals surface area contributed by atoms with Gasteiger partial charge in [-0.05, 0) is 55.0 Å². The van der Waals surface area contributed by atoms with Crippen molar-refractivity contribution in [3.8, 4) is 0 Å². The molecule has 0 aromatic heterocycles. The molecule has 0 aliphatic carbocycles. The van der Waals surface area contributed by atoms with E-state index in [0.717, 1.165) is 12.0 Å². The molecular formula is C25H35Cl2N3O2. The van der Waals surface area contributed by atoms with Crippen molar-refractivity contribution in [1.82, 2.24) is 10.6 Å². The average Bonchev–Trinajstić information content (AvgIpc) is 3.00. The number of carbonyl (C=O) groups excluding carboxylic acids is 1. The van der Waals surface area contributed by atoms with E-state index in [4.69, 9.17) is 34.0 Å². The van der Waals surface area contributed by atoms with Crippen molar-refractivity contribution in [3.05, 3.63) is 70.8 Å². The Morgan fingerprint density at radius 3 is 2.81 bits per heavy atom. The molecule has 1 amide bonds. The van der Waals surface area contributed by atoms with Gasteiger partial charge >= 0.3 is 0 Å². The molecule has 1 aliphatic heterocycles. The van der Waals surface area contributed by atoms with Crippen LogP contribution in [0.5, 0.6) is 0 Å². The zero-order valence-corrected chi connectivity index (χ0v) is 20.4. The van der Waals surface area contributed by atoms with Gasteiger partial charge in [0.2, 0.25) is 5.91 Å². The highest BCUT2D eigenvalue weighted by Crippen LogP contribution is 2.43. The molecule has 0 saturated carbocycles. The molecule has 1 heterocycles. The van der Waals surface area contributed by atoms with Crippen molar-refractivity contribution in [2.45, 2.75) is 56.7 Å². The minimum Gasteiger partial charge on any atom is -0.396 e. The maximum Gasteiger partial charge on any atom is 0.237 e. The lowest BCUT2D eigenvalue weighted by Crippen LogP contribution is -2.53. The predicted molar refractivity (Wildman–Crippen MR) is 134 cm³/mol. The fraction of sp³-hybridized carbons (Fsp3) is 0.480. The summed E-state index contributed by atoms with van der Waals surface area (Å²) in [5.41, 5.74) is 7.34. The first-order valence-corrected chi connectivity index (χ1v) is 11.8. The first kappa shape index (κ1) is 26.6. The third-order valence-electron chi connectivity index (χ3n) is 5.80. The lowest BCUT2D eigenvalue weighted by atomic mass is 9.72. The number of aliphatic hydroxyl groups is 1. The van der Waals surface area contributed by atoms with Crippen LogP contribution >= 0.6 is 23.2 Å².